The zero-order valence-corrected chi connectivity index (χ0v) is 9.19. The van der Waals surface area contributed by atoms with Gasteiger partial charge in [0.15, 0.2) is 0 Å². The number of terminal acetylenes is 1. The van der Waals surface area contributed by atoms with Crippen LogP contribution in [0.25, 0.3) is 0 Å². The number of morpholine rings is 1. The van der Waals surface area contributed by atoms with Crippen molar-refractivity contribution in [3.05, 3.63) is 0 Å². The number of fused-ring (bicyclic) bond motifs is 1. The summed E-state index contributed by atoms with van der Waals surface area (Å²) in [6.45, 7) is 3.07. The maximum atomic E-state index is 6.07. The molecule has 2 N–H and O–H groups in total. The van der Waals surface area contributed by atoms with Gasteiger partial charge >= 0.3 is 0 Å². The summed E-state index contributed by atoms with van der Waals surface area (Å²) in [7, 11) is 0. The minimum atomic E-state index is 0.0996. The summed E-state index contributed by atoms with van der Waals surface area (Å²) < 4.78 is 5.82. The first kappa shape index (κ1) is 10.9. The minimum absolute atomic E-state index is 0.0996. The van der Waals surface area contributed by atoms with Gasteiger partial charge in [-0.25, -0.2) is 0 Å². The molecule has 0 aromatic heterocycles. The van der Waals surface area contributed by atoms with Gasteiger partial charge in [0.05, 0.1) is 12.7 Å². The fourth-order valence-corrected chi connectivity index (χ4v) is 2.54. The SMILES string of the molecule is C#CCCC(N)C1CN2CCCC2CO1. The standard InChI is InChI=1S/C12H20N2O/c1-2-3-6-11(13)12-8-14-7-4-5-10(14)9-15-12/h1,10-12H,3-9,13H2. The molecule has 2 aliphatic rings. The van der Waals surface area contributed by atoms with Crippen LogP contribution in [0.5, 0.6) is 0 Å². The third kappa shape index (κ3) is 2.52. The zero-order chi connectivity index (χ0) is 10.7. The highest BCUT2D eigenvalue weighted by Crippen LogP contribution is 2.24. The van der Waals surface area contributed by atoms with Gasteiger partial charge in [-0.15, -0.1) is 12.3 Å². The van der Waals surface area contributed by atoms with E-state index in [1.54, 1.807) is 0 Å². The molecule has 3 unspecified atom stereocenters. The van der Waals surface area contributed by atoms with Gasteiger partial charge in [-0.1, -0.05) is 0 Å². The lowest BCUT2D eigenvalue weighted by molar-refractivity contribution is -0.0598. The van der Waals surface area contributed by atoms with Crippen LogP contribution in [-0.4, -0.2) is 42.8 Å². The van der Waals surface area contributed by atoms with Crippen LogP contribution in [0.1, 0.15) is 25.7 Å². The second kappa shape index (κ2) is 4.98. The largest absolute Gasteiger partial charge is 0.374 e. The summed E-state index contributed by atoms with van der Waals surface area (Å²) in [6, 6.07) is 0.753. The van der Waals surface area contributed by atoms with Crippen molar-refractivity contribution in [1.82, 2.24) is 4.90 Å². The van der Waals surface area contributed by atoms with Crippen molar-refractivity contribution in [1.29, 1.82) is 0 Å². The first-order chi connectivity index (χ1) is 7.31. The molecule has 0 spiro atoms. The summed E-state index contributed by atoms with van der Waals surface area (Å²) >= 11 is 0. The summed E-state index contributed by atoms with van der Waals surface area (Å²) in [4.78, 5) is 2.52. The van der Waals surface area contributed by atoms with Crippen LogP contribution in [-0.2, 0) is 4.74 Å². The van der Waals surface area contributed by atoms with E-state index in [0.717, 1.165) is 26.0 Å². The van der Waals surface area contributed by atoms with Crippen molar-refractivity contribution in [2.45, 2.75) is 43.9 Å². The van der Waals surface area contributed by atoms with Gasteiger partial charge in [-0.3, -0.25) is 4.90 Å². The molecule has 84 valence electrons. The van der Waals surface area contributed by atoms with Crippen LogP contribution >= 0.6 is 0 Å². The van der Waals surface area contributed by atoms with Crippen molar-refractivity contribution in [2.24, 2.45) is 5.73 Å². The third-order valence-electron chi connectivity index (χ3n) is 3.52. The first-order valence-corrected chi connectivity index (χ1v) is 5.86. The van der Waals surface area contributed by atoms with Crippen molar-refractivity contribution in [3.63, 3.8) is 0 Å². The highest BCUT2D eigenvalue weighted by atomic mass is 16.5. The maximum Gasteiger partial charge on any atom is 0.0853 e. The van der Waals surface area contributed by atoms with Gasteiger partial charge < -0.3 is 10.5 Å². The molecular weight excluding hydrogens is 188 g/mol. The van der Waals surface area contributed by atoms with E-state index < -0.39 is 0 Å². The fraction of sp³-hybridized carbons (Fsp3) is 0.833. The van der Waals surface area contributed by atoms with Gasteiger partial charge in [-0.2, -0.15) is 0 Å². The molecule has 0 saturated carbocycles. The van der Waals surface area contributed by atoms with E-state index in [-0.39, 0.29) is 12.1 Å². The third-order valence-corrected chi connectivity index (χ3v) is 3.52. The molecule has 3 atom stereocenters. The first-order valence-electron chi connectivity index (χ1n) is 5.86. The summed E-state index contributed by atoms with van der Waals surface area (Å²) in [6.07, 6.45) is 9.64. The highest BCUT2D eigenvalue weighted by Gasteiger charge is 2.34. The summed E-state index contributed by atoms with van der Waals surface area (Å²) in [5, 5.41) is 0. The quantitative estimate of drug-likeness (QED) is 0.690. The smallest absolute Gasteiger partial charge is 0.0853 e. The van der Waals surface area contributed by atoms with Gasteiger partial charge in [0, 0.05) is 25.0 Å². The van der Waals surface area contributed by atoms with E-state index in [9.17, 15) is 0 Å². The lowest BCUT2D eigenvalue weighted by Crippen LogP contribution is -2.52. The van der Waals surface area contributed by atoms with Crippen LogP contribution in [0.2, 0.25) is 0 Å². The van der Waals surface area contributed by atoms with Gasteiger partial charge in [0.2, 0.25) is 0 Å². The molecule has 15 heavy (non-hydrogen) atoms. The molecule has 3 nitrogen and oxygen atoms in total. The molecule has 2 heterocycles. The van der Waals surface area contributed by atoms with Crippen molar-refractivity contribution < 1.29 is 4.74 Å². The molecule has 0 aromatic carbocycles. The van der Waals surface area contributed by atoms with Crippen molar-refractivity contribution in [3.8, 4) is 12.3 Å². The normalized spacial score (nSPS) is 33.3. The van der Waals surface area contributed by atoms with E-state index in [4.69, 9.17) is 16.9 Å². The van der Waals surface area contributed by atoms with Crippen LogP contribution in [0, 0.1) is 12.3 Å². The van der Waals surface area contributed by atoms with E-state index in [2.05, 4.69) is 10.8 Å². The molecule has 2 rings (SSSR count). The van der Waals surface area contributed by atoms with Gasteiger partial charge in [-0.05, 0) is 25.8 Å². The van der Waals surface area contributed by atoms with Gasteiger partial charge in [0.25, 0.3) is 0 Å². The average molecular weight is 208 g/mol. The number of ether oxygens (including phenoxy) is 1. The number of hydrogen-bond donors (Lipinski definition) is 1. The lowest BCUT2D eigenvalue weighted by Gasteiger charge is -2.37. The van der Waals surface area contributed by atoms with E-state index in [0.29, 0.717) is 6.04 Å². The summed E-state index contributed by atoms with van der Waals surface area (Å²) in [5.74, 6) is 2.63. The Morgan fingerprint density at radius 2 is 2.47 bits per heavy atom. The number of rotatable bonds is 3. The Bertz CT molecular complexity index is 248. The molecule has 0 aliphatic carbocycles. The Labute approximate surface area is 92.0 Å². The van der Waals surface area contributed by atoms with Crippen LogP contribution in [0.4, 0.5) is 0 Å². The zero-order valence-electron chi connectivity index (χ0n) is 9.19. The van der Waals surface area contributed by atoms with E-state index >= 15 is 0 Å². The molecule has 2 fully saturated rings. The maximum absolute atomic E-state index is 6.07. The highest BCUT2D eigenvalue weighted by molar-refractivity contribution is 4.91. The number of nitrogens with zero attached hydrogens (tertiary/aromatic N) is 1. The molecule has 0 bridgehead atoms. The van der Waals surface area contributed by atoms with Crippen LogP contribution < -0.4 is 5.73 Å². The Morgan fingerprint density at radius 3 is 3.27 bits per heavy atom. The second-order valence-corrected chi connectivity index (χ2v) is 4.57. The Morgan fingerprint density at radius 1 is 1.60 bits per heavy atom. The van der Waals surface area contributed by atoms with Crippen LogP contribution in [0.3, 0.4) is 0 Å². The molecule has 2 saturated heterocycles. The van der Waals surface area contributed by atoms with Crippen molar-refractivity contribution >= 4 is 0 Å². The molecule has 3 heteroatoms. The predicted molar refractivity (Wildman–Crippen MR) is 60.4 cm³/mol. The summed E-state index contributed by atoms with van der Waals surface area (Å²) in [5.41, 5.74) is 6.07. The van der Waals surface area contributed by atoms with Crippen LogP contribution in [0.15, 0.2) is 0 Å². The Kier molecular flexibility index (Phi) is 3.63. The Hall–Kier alpha value is -0.560. The van der Waals surface area contributed by atoms with E-state index in [1.165, 1.54) is 19.4 Å². The number of nitrogens with two attached hydrogens (primary N) is 1. The Balaban J connectivity index is 1.81. The lowest BCUT2D eigenvalue weighted by atomic mass is 10.0. The molecule has 0 amide bonds. The molecule has 0 aromatic rings. The molecule has 0 radical (unpaired) electrons. The van der Waals surface area contributed by atoms with Crippen molar-refractivity contribution in [2.75, 3.05) is 19.7 Å². The van der Waals surface area contributed by atoms with Gasteiger partial charge in [0.1, 0.15) is 0 Å². The second-order valence-electron chi connectivity index (χ2n) is 4.57. The monoisotopic (exact) mass is 208 g/mol. The topological polar surface area (TPSA) is 38.5 Å². The number of hydrogen-bond acceptors (Lipinski definition) is 3. The predicted octanol–water partition coefficient (Wildman–Crippen LogP) is 0.590. The van der Waals surface area contributed by atoms with E-state index in [1.807, 2.05) is 0 Å². The average Bonchev–Trinajstić information content (AvgIpc) is 2.72. The minimum Gasteiger partial charge on any atom is -0.374 e. The fourth-order valence-electron chi connectivity index (χ4n) is 2.54. The molecular formula is C12H20N2O. The molecule has 2 aliphatic heterocycles.